The monoisotopic (exact) mass is 331 g/mol. The van der Waals surface area contributed by atoms with Crippen LogP contribution in [0.25, 0.3) is 0 Å². The molecule has 0 saturated carbocycles. The molecule has 130 valence electrons. The molecule has 1 aliphatic heterocycles. The first kappa shape index (κ1) is 16.6. The maximum Gasteiger partial charge on any atom is 0.317 e. The molecular weight excluding hydrogens is 306 g/mol. The Hall–Kier alpha value is -2.24. The van der Waals surface area contributed by atoms with E-state index in [0.717, 1.165) is 18.6 Å². The molecule has 24 heavy (non-hydrogen) atoms. The Kier molecular flexibility index (Phi) is 4.64. The summed E-state index contributed by atoms with van der Waals surface area (Å²) in [6.45, 7) is 5.80. The average molecular weight is 331 g/mol. The average Bonchev–Trinajstić information content (AvgIpc) is 3.15. The Balaban J connectivity index is 1.52. The van der Waals surface area contributed by atoms with E-state index >= 15 is 0 Å². The fourth-order valence-electron chi connectivity index (χ4n) is 3.19. The lowest BCUT2D eigenvalue weighted by atomic mass is 10.1. The van der Waals surface area contributed by atoms with E-state index in [4.69, 9.17) is 4.74 Å². The molecule has 6 nitrogen and oxygen atoms in total. The van der Waals surface area contributed by atoms with E-state index in [2.05, 4.69) is 16.7 Å². The van der Waals surface area contributed by atoms with Gasteiger partial charge >= 0.3 is 6.03 Å². The van der Waals surface area contributed by atoms with Crippen LogP contribution in [-0.2, 0) is 17.6 Å². The van der Waals surface area contributed by atoms with Gasteiger partial charge in [-0.15, -0.1) is 0 Å². The molecule has 3 rings (SSSR count). The van der Waals surface area contributed by atoms with Gasteiger partial charge in [0.15, 0.2) is 5.60 Å². The summed E-state index contributed by atoms with van der Waals surface area (Å²) in [5.41, 5.74) is 1.75. The Bertz CT molecular complexity index is 642. The lowest BCUT2D eigenvalue weighted by molar-refractivity contribution is -0.134. The molecule has 2 aliphatic rings. The van der Waals surface area contributed by atoms with Crippen molar-refractivity contribution in [1.82, 2.24) is 15.5 Å². The lowest BCUT2D eigenvalue weighted by Crippen LogP contribution is -2.48. The molecule has 0 aromatic heterocycles. The van der Waals surface area contributed by atoms with Crippen molar-refractivity contribution in [2.75, 3.05) is 26.2 Å². The van der Waals surface area contributed by atoms with Gasteiger partial charge in [0.2, 0.25) is 0 Å². The highest BCUT2D eigenvalue weighted by atomic mass is 16.5. The standard InChI is InChI=1S/C18H25N3O3/c1-18(2,16(22)19-8-10-21-11-9-20-17(21)23)24-15-7-6-13-4-3-5-14(13)12-15/h6-7,12H,3-5,8-11H2,1-2H3,(H,19,22)(H,20,23). The number of nitrogens with zero attached hydrogens (tertiary/aromatic N) is 1. The van der Waals surface area contributed by atoms with Gasteiger partial charge in [0.1, 0.15) is 5.75 Å². The number of ether oxygens (including phenoxy) is 1. The first-order valence-corrected chi connectivity index (χ1v) is 8.57. The molecule has 2 N–H and O–H groups in total. The van der Waals surface area contributed by atoms with E-state index in [9.17, 15) is 9.59 Å². The number of carbonyl (C=O) groups is 2. The Labute approximate surface area is 142 Å². The topological polar surface area (TPSA) is 70.7 Å². The second-order valence-electron chi connectivity index (χ2n) is 6.87. The van der Waals surface area contributed by atoms with Crippen molar-refractivity contribution in [3.05, 3.63) is 29.3 Å². The van der Waals surface area contributed by atoms with Crippen molar-refractivity contribution in [2.45, 2.75) is 38.7 Å². The summed E-state index contributed by atoms with van der Waals surface area (Å²) in [4.78, 5) is 25.6. The molecule has 1 aromatic rings. The molecular formula is C18H25N3O3. The number of aryl methyl sites for hydroxylation is 2. The number of carbonyl (C=O) groups excluding carboxylic acids is 2. The number of amides is 3. The fourth-order valence-corrected chi connectivity index (χ4v) is 3.19. The zero-order valence-electron chi connectivity index (χ0n) is 14.4. The molecule has 0 bridgehead atoms. The minimum absolute atomic E-state index is 0.0714. The third-order valence-electron chi connectivity index (χ3n) is 4.60. The van der Waals surface area contributed by atoms with Crippen molar-refractivity contribution < 1.29 is 14.3 Å². The predicted octanol–water partition coefficient (Wildman–Crippen LogP) is 1.47. The molecule has 0 unspecified atom stereocenters. The van der Waals surface area contributed by atoms with E-state index < -0.39 is 5.60 Å². The number of benzene rings is 1. The summed E-state index contributed by atoms with van der Waals surface area (Å²) >= 11 is 0. The summed E-state index contributed by atoms with van der Waals surface area (Å²) < 4.78 is 5.93. The number of nitrogens with one attached hydrogen (secondary N) is 2. The van der Waals surface area contributed by atoms with Crippen LogP contribution in [0, 0.1) is 0 Å². The van der Waals surface area contributed by atoms with Crippen LogP contribution >= 0.6 is 0 Å². The smallest absolute Gasteiger partial charge is 0.317 e. The van der Waals surface area contributed by atoms with E-state index in [1.807, 2.05) is 12.1 Å². The van der Waals surface area contributed by atoms with E-state index in [-0.39, 0.29) is 11.9 Å². The molecule has 1 fully saturated rings. The minimum atomic E-state index is -0.958. The zero-order chi connectivity index (χ0) is 17.2. The summed E-state index contributed by atoms with van der Waals surface area (Å²) in [5, 5.41) is 5.60. The van der Waals surface area contributed by atoms with Gasteiger partial charge in [-0.05, 0) is 56.4 Å². The number of hydrogen-bond donors (Lipinski definition) is 2. The van der Waals surface area contributed by atoms with Gasteiger partial charge in [-0.25, -0.2) is 4.79 Å². The van der Waals surface area contributed by atoms with Crippen molar-refractivity contribution in [2.24, 2.45) is 0 Å². The summed E-state index contributed by atoms with van der Waals surface area (Å²) in [6, 6.07) is 6.01. The molecule has 0 spiro atoms. The Morgan fingerprint density at radius 1 is 1.33 bits per heavy atom. The lowest BCUT2D eigenvalue weighted by Gasteiger charge is -2.26. The predicted molar refractivity (Wildman–Crippen MR) is 91.2 cm³/mol. The normalized spacial score (nSPS) is 16.8. The zero-order valence-corrected chi connectivity index (χ0v) is 14.4. The molecule has 1 heterocycles. The fraction of sp³-hybridized carbons (Fsp3) is 0.556. The van der Waals surface area contributed by atoms with Crippen molar-refractivity contribution in [3.63, 3.8) is 0 Å². The number of urea groups is 1. The number of fused-ring (bicyclic) bond motifs is 1. The molecule has 0 radical (unpaired) electrons. The largest absolute Gasteiger partial charge is 0.478 e. The van der Waals surface area contributed by atoms with Crippen LogP contribution in [0.15, 0.2) is 18.2 Å². The van der Waals surface area contributed by atoms with Gasteiger partial charge in [0.25, 0.3) is 5.91 Å². The van der Waals surface area contributed by atoms with Crippen LogP contribution in [0.2, 0.25) is 0 Å². The quantitative estimate of drug-likeness (QED) is 0.829. The van der Waals surface area contributed by atoms with Gasteiger partial charge in [-0.3, -0.25) is 4.79 Å². The minimum Gasteiger partial charge on any atom is -0.478 e. The molecule has 0 atom stereocenters. The van der Waals surface area contributed by atoms with E-state index in [0.29, 0.717) is 26.2 Å². The summed E-state index contributed by atoms with van der Waals surface area (Å²) in [5.74, 6) is 0.553. The van der Waals surface area contributed by atoms with Gasteiger partial charge < -0.3 is 20.3 Å². The highest BCUT2D eigenvalue weighted by Crippen LogP contribution is 2.28. The highest BCUT2D eigenvalue weighted by molar-refractivity contribution is 5.84. The maximum absolute atomic E-state index is 12.4. The third-order valence-corrected chi connectivity index (χ3v) is 4.60. The van der Waals surface area contributed by atoms with Gasteiger partial charge in [0.05, 0.1) is 0 Å². The first-order chi connectivity index (χ1) is 11.5. The van der Waals surface area contributed by atoms with Crippen molar-refractivity contribution in [1.29, 1.82) is 0 Å². The molecule has 1 aliphatic carbocycles. The summed E-state index contributed by atoms with van der Waals surface area (Å²) in [7, 11) is 0. The number of hydrogen-bond acceptors (Lipinski definition) is 3. The Morgan fingerprint density at radius 2 is 2.12 bits per heavy atom. The van der Waals surface area contributed by atoms with Crippen LogP contribution in [0.1, 0.15) is 31.4 Å². The highest BCUT2D eigenvalue weighted by Gasteiger charge is 2.30. The van der Waals surface area contributed by atoms with Crippen LogP contribution < -0.4 is 15.4 Å². The molecule has 1 saturated heterocycles. The van der Waals surface area contributed by atoms with Crippen LogP contribution in [0.4, 0.5) is 4.79 Å². The number of rotatable bonds is 6. The van der Waals surface area contributed by atoms with Gasteiger partial charge in [-0.1, -0.05) is 6.07 Å². The second kappa shape index (κ2) is 6.71. The Morgan fingerprint density at radius 3 is 2.88 bits per heavy atom. The first-order valence-electron chi connectivity index (χ1n) is 8.57. The van der Waals surface area contributed by atoms with Crippen LogP contribution in [-0.4, -0.2) is 48.6 Å². The molecule has 3 amide bonds. The van der Waals surface area contributed by atoms with Crippen LogP contribution in [0.3, 0.4) is 0 Å². The molecule has 1 aromatic carbocycles. The van der Waals surface area contributed by atoms with Gasteiger partial charge in [0, 0.05) is 26.2 Å². The van der Waals surface area contributed by atoms with Crippen molar-refractivity contribution >= 4 is 11.9 Å². The van der Waals surface area contributed by atoms with Crippen molar-refractivity contribution in [3.8, 4) is 5.75 Å². The SMILES string of the molecule is CC(C)(Oc1ccc2c(c1)CCC2)C(=O)NCCN1CCNC1=O. The van der Waals surface area contributed by atoms with E-state index in [1.165, 1.54) is 17.5 Å². The second-order valence-corrected chi connectivity index (χ2v) is 6.87. The van der Waals surface area contributed by atoms with Crippen LogP contribution in [0.5, 0.6) is 5.75 Å². The maximum atomic E-state index is 12.4. The summed E-state index contributed by atoms with van der Waals surface area (Å²) in [6.07, 6.45) is 3.40. The molecule has 6 heteroatoms. The van der Waals surface area contributed by atoms with Gasteiger partial charge in [-0.2, -0.15) is 0 Å². The third kappa shape index (κ3) is 3.63. The van der Waals surface area contributed by atoms with E-state index in [1.54, 1.807) is 18.7 Å².